The van der Waals surface area contributed by atoms with Crippen LogP contribution in [0.1, 0.15) is 43.4 Å². The lowest BCUT2D eigenvalue weighted by Crippen LogP contribution is -2.42. The van der Waals surface area contributed by atoms with Crippen LogP contribution >= 0.6 is 0 Å². The fourth-order valence-corrected chi connectivity index (χ4v) is 4.54. The van der Waals surface area contributed by atoms with Crippen molar-refractivity contribution < 1.29 is 0 Å². The number of aromatic nitrogens is 2. The van der Waals surface area contributed by atoms with Crippen molar-refractivity contribution in [2.45, 2.75) is 50.5 Å². The van der Waals surface area contributed by atoms with Gasteiger partial charge in [0.2, 0.25) is 0 Å². The molecule has 0 amide bonds. The molecule has 2 heterocycles. The van der Waals surface area contributed by atoms with Crippen molar-refractivity contribution in [1.29, 1.82) is 0 Å². The number of aryl methyl sites for hydroxylation is 2. The topological polar surface area (TPSA) is 29.9 Å². The zero-order valence-electron chi connectivity index (χ0n) is 12.4. The van der Waals surface area contributed by atoms with E-state index in [0.29, 0.717) is 11.5 Å². The molecule has 0 spiro atoms. The Morgan fingerprint density at radius 1 is 1.30 bits per heavy atom. The van der Waals surface area contributed by atoms with Crippen molar-refractivity contribution >= 4 is 10.9 Å². The van der Waals surface area contributed by atoms with E-state index in [1.54, 1.807) is 0 Å². The van der Waals surface area contributed by atoms with Gasteiger partial charge in [0, 0.05) is 23.9 Å². The summed E-state index contributed by atoms with van der Waals surface area (Å²) in [5, 5.41) is 9.60. The zero-order chi connectivity index (χ0) is 13.7. The Balaban J connectivity index is 1.87. The summed E-state index contributed by atoms with van der Waals surface area (Å²) in [5.74, 6) is 0. The van der Waals surface area contributed by atoms with Gasteiger partial charge in [0.15, 0.2) is 0 Å². The SMILES string of the molecule is Cc1nn(C)c2cc([C@@]34CCCC[C@@H]3NCC4)ccc12. The van der Waals surface area contributed by atoms with Gasteiger partial charge in [0.25, 0.3) is 0 Å². The van der Waals surface area contributed by atoms with E-state index in [1.165, 1.54) is 55.1 Å². The van der Waals surface area contributed by atoms with Crippen LogP contribution in [-0.4, -0.2) is 22.4 Å². The van der Waals surface area contributed by atoms with Gasteiger partial charge in [0.05, 0.1) is 11.2 Å². The summed E-state index contributed by atoms with van der Waals surface area (Å²) in [6.07, 6.45) is 6.72. The lowest BCUT2D eigenvalue weighted by molar-refractivity contribution is 0.267. The fourth-order valence-electron chi connectivity index (χ4n) is 4.54. The molecule has 1 aliphatic carbocycles. The third-order valence-electron chi connectivity index (χ3n) is 5.61. The lowest BCUT2D eigenvalue weighted by atomic mass is 9.66. The van der Waals surface area contributed by atoms with Crippen LogP contribution in [-0.2, 0) is 12.5 Å². The Kier molecular flexibility index (Phi) is 2.68. The molecule has 106 valence electrons. The summed E-state index contributed by atoms with van der Waals surface area (Å²) >= 11 is 0. The molecule has 20 heavy (non-hydrogen) atoms. The standard InChI is InChI=1S/C17H23N3/c1-12-14-7-6-13(11-15(14)20(2)19-12)17-8-4-3-5-16(17)18-10-9-17/h6-7,11,16,18H,3-5,8-10H2,1-2H3/t16-,17-/m0/s1. The molecule has 1 aliphatic heterocycles. The highest BCUT2D eigenvalue weighted by Crippen LogP contribution is 2.45. The molecule has 3 nitrogen and oxygen atoms in total. The summed E-state index contributed by atoms with van der Waals surface area (Å²) in [7, 11) is 2.06. The number of benzene rings is 1. The van der Waals surface area contributed by atoms with Gasteiger partial charge in [-0.05, 0) is 44.4 Å². The number of rotatable bonds is 1. The molecule has 3 heteroatoms. The zero-order valence-corrected chi connectivity index (χ0v) is 12.4. The van der Waals surface area contributed by atoms with E-state index in [2.05, 4.69) is 42.6 Å². The molecule has 1 saturated heterocycles. The van der Waals surface area contributed by atoms with Gasteiger partial charge in [-0.3, -0.25) is 4.68 Å². The van der Waals surface area contributed by atoms with Crippen molar-refractivity contribution in [3.8, 4) is 0 Å². The van der Waals surface area contributed by atoms with Crippen LogP contribution in [0.15, 0.2) is 18.2 Å². The van der Waals surface area contributed by atoms with Gasteiger partial charge < -0.3 is 5.32 Å². The minimum Gasteiger partial charge on any atom is -0.313 e. The first-order chi connectivity index (χ1) is 9.71. The third-order valence-corrected chi connectivity index (χ3v) is 5.61. The Morgan fingerprint density at radius 3 is 3.10 bits per heavy atom. The van der Waals surface area contributed by atoms with Crippen LogP contribution in [0, 0.1) is 6.92 Å². The summed E-state index contributed by atoms with van der Waals surface area (Å²) in [5.41, 5.74) is 4.33. The molecule has 2 aromatic rings. The first-order valence-corrected chi connectivity index (χ1v) is 7.88. The summed E-state index contributed by atoms with van der Waals surface area (Å²) in [4.78, 5) is 0. The molecule has 1 saturated carbocycles. The van der Waals surface area contributed by atoms with E-state index in [9.17, 15) is 0 Å². The highest BCUT2D eigenvalue weighted by Gasteiger charge is 2.45. The molecule has 2 atom stereocenters. The number of nitrogens with one attached hydrogen (secondary N) is 1. The minimum absolute atomic E-state index is 0.380. The Morgan fingerprint density at radius 2 is 2.20 bits per heavy atom. The van der Waals surface area contributed by atoms with Crippen LogP contribution in [0.5, 0.6) is 0 Å². The highest BCUT2D eigenvalue weighted by molar-refractivity contribution is 5.82. The molecule has 0 unspecified atom stereocenters. The van der Waals surface area contributed by atoms with Gasteiger partial charge in [-0.15, -0.1) is 0 Å². The van der Waals surface area contributed by atoms with Gasteiger partial charge >= 0.3 is 0 Å². The number of hydrogen-bond acceptors (Lipinski definition) is 2. The molecule has 1 aromatic heterocycles. The quantitative estimate of drug-likeness (QED) is 0.862. The third kappa shape index (κ3) is 1.59. The van der Waals surface area contributed by atoms with E-state index < -0.39 is 0 Å². The Hall–Kier alpha value is -1.35. The molecular weight excluding hydrogens is 246 g/mol. The first-order valence-electron chi connectivity index (χ1n) is 7.88. The van der Waals surface area contributed by atoms with E-state index in [0.717, 1.165) is 5.69 Å². The Bertz CT molecular complexity index is 658. The maximum Gasteiger partial charge on any atom is 0.0684 e. The van der Waals surface area contributed by atoms with Crippen molar-refractivity contribution in [2.24, 2.45) is 7.05 Å². The highest BCUT2D eigenvalue weighted by atomic mass is 15.3. The van der Waals surface area contributed by atoms with E-state index in [-0.39, 0.29) is 0 Å². The lowest BCUT2D eigenvalue weighted by Gasteiger charge is -2.39. The molecule has 1 aromatic carbocycles. The van der Waals surface area contributed by atoms with Crippen molar-refractivity contribution in [2.75, 3.05) is 6.54 Å². The second-order valence-electron chi connectivity index (χ2n) is 6.60. The molecule has 2 aliphatic rings. The maximum absolute atomic E-state index is 4.56. The smallest absolute Gasteiger partial charge is 0.0684 e. The largest absolute Gasteiger partial charge is 0.313 e. The number of nitrogens with zero attached hydrogens (tertiary/aromatic N) is 2. The number of hydrogen-bond donors (Lipinski definition) is 1. The van der Waals surface area contributed by atoms with Crippen molar-refractivity contribution in [3.05, 3.63) is 29.5 Å². The second kappa shape index (κ2) is 4.32. The van der Waals surface area contributed by atoms with Gasteiger partial charge in [-0.25, -0.2) is 0 Å². The molecule has 0 radical (unpaired) electrons. The van der Waals surface area contributed by atoms with Gasteiger partial charge in [-0.2, -0.15) is 5.10 Å². The molecule has 1 N–H and O–H groups in total. The predicted octanol–water partition coefficient (Wildman–Crippen LogP) is 3.06. The normalized spacial score (nSPS) is 29.8. The van der Waals surface area contributed by atoms with Crippen LogP contribution < -0.4 is 5.32 Å². The molecule has 0 bridgehead atoms. The minimum atomic E-state index is 0.380. The Labute approximate surface area is 120 Å². The fraction of sp³-hybridized carbons (Fsp3) is 0.588. The maximum atomic E-state index is 4.56. The summed E-state index contributed by atoms with van der Waals surface area (Å²) in [6, 6.07) is 7.73. The molecule has 4 rings (SSSR count). The van der Waals surface area contributed by atoms with Crippen LogP contribution in [0.25, 0.3) is 10.9 Å². The average molecular weight is 269 g/mol. The average Bonchev–Trinajstić information content (AvgIpc) is 3.02. The van der Waals surface area contributed by atoms with Crippen molar-refractivity contribution in [1.82, 2.24) is 15.1 Å². The van der Waals surface area contributed by atoms with Gasteiger partial charge in [-0.1, -0.05) is 25.0 Å². The van der Waals surface area contributed by atoms with Crippen molar-refractivity contribution in [3.63, 3.8) is 0 Å². The van der Waals surface area contributed by atoms with Crippen LogP contribution in [0.3, 0.4) is 0 Å². The van der Waals surface area contributed by atoms with E-state index in [1.807, 2.05) is 4.68 Å². The van der Waals surface area contributed by atoms with Crippen LogP contribution in [0.2, 0.25) is 0 Å². The monoisotopic (exact) mass is 269 g/mol. The summed E-state index contributed by atoms with van der Waals surface area (Å²) in [6.45, 7) is 3.27. The second-order valence-corrected chi connectivity index (χ2v) is 6.60. The first kappa shape index (κ1) is 12.4. The number of fused-ring (bicyclic) bond motifs is 2. The van der Waals surface area contributed by atoms with E-state index in [4.69, 9.17) is 0 Å². The van der Waals surface area contributed by atoms with Crippen LogP contribution in [0.4, 0.5) is 0 Å². The predicted molar refractivity (Wildman–Crippen MR) is 82.0 cm³/mol. The molecular formula is C17H23N3. The summed E-state index contributed by atoms with van der Waals surface area (Å²) < 4.78 is 2.03. The molecule has 2 fully saturated rings. The van der Waals surface area contributed by atoms with E-state index >= 15 is 0 Å². The van der Waals surface area contributed by atoms with Gasteiger partial charge in [0.1, 0.15) is 0 Å².